The maximum absolute atomic E-state index is 8.99. The first-order chi connectivity index (χ1) is 8.61. The van der Waals surface area contributed by atoms with Gasteiger partial charge in [0.15, 0.2) is 12.2 Å². The molecule has 5 heteroatoms. The summed E-state index contributed by atoms with van der Waals surface area (Å²) >= 11 is 1.67. The largest absolute Gasteiger partial charge is 0.396 e. The van der Waals surface area contributed by atoms with Crippen LogP contribution in [0.15, 0.2) is 17.6 Å². The highest BCUT2D eigenvalue weighted by atomic mass is 32.1. The molecule has 2 aromatic heterocycles. The van der Waals surface area contributed by atoms with Gasteiger partial charge in [-0.2, -0.15) is 4.57 Å². The van der Waals surface area contributed by atoms with Crippen molar-refractivity contribution in [3.05, 3.63) is 39.5 Å². The van der Waals surface area contributed by atoms with E-state index in [1.807, 2.05) is 19.1 Å². The van der Waals surface area contributed by atoms with Crippen molar-refractivity contribution in [2.45, 2.75) is 26.8 Å². The summed E-state index contributed by atoms with van der Waals surface area (Å²) in [6, 6.07) is 4.00. The fraction of sp³-hybridized carbons (Fsp3) is 0.385. The summed E-state index contributed by atoms with van der Waals surface area (Å²) in [5, 5.41) is 8.99. The molecule has 0 radical (unpaired) electrons. The lowest BCUT2D eigenvalue weighted by Crippen LogP contribution is -2.35. The summed E-state index contributed by atoms with van der Waals surface area (Å²) in [5.41, 5.74) is 11.1. The number of nitrogens with zero attached hydrogens (tertiary/aromatic N) is 2. The number of aryl methyl sites for hydroxylation is 1. The summed E-state index contributed by atoms with van der Waals surface area (Å²) in [4.78, 5) is 5.49. The molecule has 0 aliphatic carbocycles. The van der Waals surface area contributed by atoms with Crippen molar-refractivity contribution >= 4 is 17.2 Å². The van der Waals surface area contributed by atoms with Gasteiger partial charge in [0.1, 0.15) is 5.82 Å². The van der Waals surface area contributed by atoms with E-state index >= 15 is 0 Å². The number of anilines is 1. The van der Waals surface area contributed by atoms with Crippen LogP contribution in [0, 0.1) is 13.8 Å². The lowest BCUT2D eigenvalue weighted by molar-refractivity contribution is -0.689. The van der Waals surface area contributed by atoms with Gasteiger partial charge in [0.2, 0.25) is 5.51 Å². The highest BCUT2D eigenvalue weighted by molar-refractivity contribution is 7.09. The van der Waals surface area contributed by atoms with Gasteiger partial charge in [-0.1, -0.05) is 11.3 Å². The van der Waals surface area contributed by atoms with Crippen molar-refractivity contribution in [1.29, 1.82) is 0 Å². The van der Waals surface area contributed by atoms with Crippen LogP contribution in [0.2, 0.25) is 0 Å². The molecule has 0 spiro atoms. The van der Waals surface area contributed by atoms with Crippen molar-refractivity contribution in [2.24, 2.45) is 0 Å². The van der Waals surface area contributed by atoms with Crippen LogP contribution in [0.5, 0.6) is 0 Å². The molecule has 2 heterocycles. The molecule has 2 rings (SSSR count). The number of rotatable bonds is 4. The van der Waals surface area contributed by atoms with Gasteiger partial charge < -0.3 is 10.8 Å². The zero-order chi connectivity index (χ0) is 13.1. The average Bonchev–Trinajstić information content (AvgIpc) is 2.66. The molecule has 0 aromatic carbocycles. The second-order valence-electron chi connectivity index (χ2n) is 4.33. The van der Waals surface area contributed by atoms with Crippen LogP contribution in [-0.4, -0.2) is 16.7 Å². The Morgan fingerprint density at radius 1 is 1.39 bits per heavy atom. The Balaban J connectivity index is 2.23. The molecule has 4 nitrogen and oxygen atoms in total. The van der Waals surface area contributed by atoms with Gasteiger partial charge in [-0.3, -0.25) is 0 Å². The normalized spacial score (nSPS) is 10.8. The third-order valence-electron chi connectivity index (χ3n) is 2.99. The van der Waals surface area contributed by atoms with Crippen molar-refractivity contribution in [2.75, 3.05) is 12.3 Å². The smallest absolute Gasteiger partial charge is 0.225 e. The van der Waals surface area contributed by atoms with Gasteiger partial charge >= 0.3 is 0 Å². The van der Waals surface area contributed by atoms with Gasteiger partial charge in [-0.15, -0.1) is 0 Å². The number of pyridine rings is 1. The van der Waals surface area contributed by atoms with Crippen LogP contribution in [0.4, 0.5) is 5.82 Å². The Kier molecular flexibility index (Phi) is 3.93. The van der Waals surface area contributed by atoms with Gasteiger partial charge in [0.25, 0.3) is 0 Å². The average molecular weight is 264 g/mol. The second kappa shape index (κ2) is 5.46. The van der Waals surface area contributed by atoms with E-state index in [1.165, 1.54) is 10.6 Å². The Morgan fingerprint density at radius 3 is 2.83 bits per heavy atom. The SMILES string of the molecule is Cc1ccc(C[n+]2csc(CCO)c2C)c(N)n1. The number of hydrogen-bond donors (Lipinski definition) is 2. The molecule has 0 saturated carbocycles. The monoisotopic (exact) mass is 264 g/mol. The predicted molar refractivity (Wildman–Crippen MR) is 72.5 cm³/mol. The quantitative estimate of drug-likeness (QED) is 0.816. The second-order valence-corrected chi connectivity index (χ2v) is 5.27. The van der Waals surface area contributed by atoms with Crippen LogP contribution in [-0.2, 0) is 13.0 Å². The fourth-order valence-corrected chi connectivity index (χ4v) is 2.86. The number of nitrogen functional groups attached to an aromatic ring is 1. The first-order valence-electron chi connectivity index (χ1n) is 5.91. The minimum absolute atomic E-state index is 0.190. The van der Waals surface area contributed by atoms with E-state index in [0.717, 1.165) is 17.8 Å². The highest BCUT2D eigenvalue weighted by Gasteiger charge is 2.16. The molecular weight excluding hydrogens is 246 g/mol. The molecule has 0 amide bonds. The number of hydrogen-bond acceptors (Lipinski definition) is 4. The summed E-state index contributed by atoms with van der Waals surface area (Å²) < 4.78 is 2.15. The molecule has 0 unspecified atom stereocenters. The van der Waals surface area contributed by atoms with E-state index in [2.05, 4.69) is 22.0 Å². The zero-order valence-corrected chi connectivity index (χ0v) is 11.5. The van der Waals surface area contributed by atoms with E-state index in [1.54, 1.807) is 11.3 Å². The lowest BCUT2D eigenvalue weighted by atomic mass is 10.2. The van der Waals surface area contributed by atoms with Gasteiger partial charge in [0, 0.05) is 25.6 Å². The maximum Gasteiger partial charge on any atom is 0.225 e. The van der Waals surface area contributed by atoms with Crippen molar-refractivity contribution in [1.82, 2.24) is 4.98 Å². The summed E-state index contributed by atoms with van der Waals surface area (Å²) in [5.74, 6) is 0.594. The summed E-state index contributed by atoms with van der Waals surface area (Å²) in [6.45, 7) is 4.92. The van der Waals surface area contributed by atoms with Gasteiger partial charge in [-0.05, 0) is 19.1 Å². The number of aliphatic hydroxyl groups is 1. The van der Waals surface area contributed by atoms with E-state index in [0.29, 0.717) is 12.2 Å². The molecule has 18 heavy (non-hydrogen) atoms. The summed E-state index contributed by atoms with van der Waals surface area (Å²) in [7, 11) is 0. The van der Waals surface area contributed by atoms with Crippen LogP contribution >= 0.6 is 11.3 Å². The highest BCUT2D eigenvalue weighted by Crippen LogP contribution is 2.14. The van der Waals surface area contributed by atoms with E-state index in [9.17, 15) is 0 Å². The first-order valence-corrected chi connectivity index (χ1v) is 6.79. The van der Waals surface area contributed by atoms with Crippen LogP contribution in [0.1, 0.15) is 21.8 Å². The minimum atomic E-state index is 0.190. The Bertz CT molecular complexity index is 551. The van der Waals surface area contributed by atoms with E-state index in [-0.39, 0.29) is 6.61 Å². The molecule has 0 bridgehead atoms. The predicted octanol–water partition coefficient (Wildman–Crippen LogP) is 1.21. The van der Waals surface area contributed by atoms with Crippen molar-refractivity contribution in [3.63, 3.8) is 0 Å². The van der Waals surface area contributed by atoms with Crippen LogP contribution < -0.4 is 10.3 Å². The number of nitrogens with two attached hydrogens (primary N) is 1. The van der Waals surface area contributed by atoms with E-state index < -0.39 is 0 Å². The van der Waals surface area contributed by atoms with Gasteiger partial charge in [-0.25, -0.2) is 4.98 Å². The lowest BCUT2D eigenvalue weighted by Gasteiger charge is -2.02. The molecule has 0 saturated heterocycles. The molecule has 96 valence electrons. The molecule has 0 aliphatic rings. The number of aliphatic hydroxyl groups excluding tert-OH is 1. The first kappa shape index (κ1) is 13.0. The third-order valence-corrected chi connectivity index (χ3v) is 4.13. The third kappa shape index (κ3) is 2.68. The van der Waals surface area contributed by atoms with E-state index in [4.69, 9.17) is 10.8 Å². The van der Waals surface area contributed by atoms with Crippen LogP contribution in [0.25, 0.3) is 0 Å². The standard InChI is InChI=1S/C13H18N3OS/c1-9-3-4-11(13(14)15-9)7-16-8-18-12(5-6-17)10(16)2/h3-4,8,17H,5-7H2,1-2H3,(H2,14,15)/q+1. The molecule has 0 aliphatic heterocycles. The fourth-order valence-electron chi connectivity index (χ4n) is 1.87. The number of thiazole rings is 1. The Morgan fingerprint density at radius 2 is 2.17 bits per heavy atom. The zero-order valence-electron chi connectivity index (χ0n) is 10.7. The Hall–Kier alpha value is -1.46. The summed E-state index contributed by atoms with van der Waals surface area (Å²) in [6.07, 6.45) is 0.713. The van der Waals surface area contributed by atoms with Gasteiger partial charge in [0.05, 0.1) is 10.4 Å². The topological polar surface area (TPSA) is 63.0 Å². The minimum Gasteiger partial charge on any atom is -0.396 e. The maximum atomic E-state index is 8.99. The number of aromatic nitrogens is 2. The molecule has 0 atom stereocenters. The van der Waals surface area contributed by atoms with Crippen molar-refractivity contribution in [3.8, 4) is 0 Å². The molecule has 0 fully saturated rings. The Labute approximate surface area is 111 Å². The van der Waals surface area contributed by atoms with Crippen LogP contribution in [0.3, 0.4) is 0 Å². The molecule has 3 N–H and O–H groups in total. The van der Waals surface area contributed by atoms with Crippen molar-refractivity contribution < 1.29 is 9.67 Å². The molecular formula is C13H18N3OS+. The molecule has 2 aromatic rings.